The van der Waals surface area contributed by atoms with Crippen molar-refractivity contribution in [1.29, 1.82) is 0 Å². The molecular weight excluding hydrogens is 849 g/mol. The largest absolute Gasteiger partial charge is 0.496 e. The summed E-state index contributed by atoms with van der Waals surface area (Å²) >= 11 is 0. The summed E-state index contributed by atoms with van der Waals surface area (Å²) in [6.45, 7) is 9.82. The fourth-order valence-electron chi connectivity index (χ4n) is 8.17. The number of nitrogens with two attached hydrogens (primary N) is 1. The summed E-state index contributed by atoms with van der Waals surface area (Å²) in [7, 11) is 10.4. The number of methoxy groups -OCH3 is 3. The molecule has 3 aromatic carbocycles. The summed E-state index contributed by atoms with van der Waals surface area (Å²) in [5.41, 5.74) is 9.06. The smallest absolute Gasteiger partial charge is 0.290 e. The molecule has 14 nitrogen and oxygen atoms in total. The van der Waals surface area contributed by atoms with Crippen LogP contribution < -0.4 is 30.6 Å². The number of aromatic nitrogens is 1. The van der Waals surface area contributed by atoms with E-state index in [4.69, 9.17) is 24.5 Å². The average Bonchev–Trinajstić information content (AvgIpc) is 3.91. The lowest BCUT2D eigenvalue weighted by Gasteiger charge is -2.30. The minimum absolute atomic E-state index is 0.0110. The minimum Gasteiger partial charge on any atom is -0.496 e. The number of nitrogens with zero attached hydrogens (tertiary/aromatic N) is 3. The van der Waals surface area contributed by atoms with E-state index in [9.17, 15) is 19.2 Å². The van der Waals surface area contributed by atoms with E-state index in [0.29, 0.717) is 25.4 Å². The van der Waals surface area contributed by atoms with Crippen molar-refractivity contribution in [2.45, 2.75) is 117 Å². The van der Waals surface area contributed by atoms with E-state index in [0.717, 1.165) is 73.4 Å². The van der Waals surface area contributed by atoms with Crippen molar-refractivity contribution in [3.8, 4) is 17.2 Å². The third kappa shape index (κ3) is 17.8. The predicted octanol–water partition coefficient (Wildman–Crippen LogP) is 8.47. The maximum Gasteiger partial charge on any atom is 0.290 e. The molecule has 1 aliphatic carbocycles. The second kappa shape index (κ2) is 29.8. The van der Waals surface area contributed by atoms with Crippen LogP contribution in [0.2, 0.25) is 0 Å². The molecule has 1 aromatic heterocycles. The summed E-state index contributed by atoms with van der Waals surface area (Å²) in [6, 6.07) is 23.7. The first-order valence-electron chi connectivity index (χ1n) is 23.7. The molecule has 67 heavy (non-hydrogen) atoms. The molecule has 3 amide bonds. The molecule has 1 saturated carbocycles. The second-order valence-electron chi connectivity index (χ2n) is 17.6. The Balaban J connectivity index is 0.000000326. The van der Waals surface area contributed by atoms with Gasteiger partial charge < -0.3 is 44.9 Å². The van der Waals surface area contributed by atoms with E-state index in [1.54, 1.807) is 45.2 Å². The number of benzene rings is 3. The van der Waals surface area contributed by atoms with Gasteiger partial charge in [0.05, 0.1) is 39.6 Å². The monoisotopic (exact) mass is 927 g/mol. The van der Waals surface area contributed by atoms with Crippen molar-refractivity contribution in [2.24, 2.45) is 29.4 Å². The maximum absolute atomic E-state index is 13.7. The highest BCUT2D eigenvalue weighted by Crippen LogP contribution is 2.30. The van der Waals surface area contributed by atoms with E-state index in [2.05, 4.69) is 21.9 Å². The molecule has 368 valence electrons. The van der Waals surface area contributed by atoms with Crippen LogP contribution in [0.1, 0.15) is 113 Å². The van der Waals surface area contributed by atoms with Crippen LogP contribution in [0.5, 0.6) is 17.2 Å². The Morgan fingerprint density at radius 1 is 0.731 bits per heavy atom. The van der Waals surface area contributed by atoms with Crippen LogP contribution in [0.15, 0.2) is 89.6 Å². The van der Waals surface area contributed by atoms with Crippen molar-refractivity contribution in [1.82, 2.24) is 25.6 Å². The molecule has 1 aliphatic rings. The van der Waals surface area contributed by atoms with E-state index in [-0.39, 0.29) is 41.6 Å². The first-order chi connectivity index (χ1) is 32.2. The topological polar surface area (TPSA) is 179 Å². The van der Waals surface area contributed by atoms with Gasteiger partial charge in [-0.1, -0.05) is 132 Å². The normalized spacial score (nSPS) is 14.6. The van der Waals surface area contributed by atoms with Gasteiger partial charge in [0, 0.05) is 68.8 Å². The molecule has 0 radical (unpaired) electrons. The number of Topliss-reactive ketones (excluding diaryl/α,β-unsaturated/α-hetero) is 1. The van der Waals surface area contributed by atoms with Gasteiger partial charge in [0.15, 0.2) is 5.78 Å². The molecule has 4 aromatic rings. The van der Waals surface area contributed by atoms with E-state index >= 15 is 0 Å². The van der Waals surface area contributed by atoms with Crippen molar-refractivity contribution in [3.05, 3.63) is 108 Å². The zero-order chi connectivity index (χ0) is 49.3. The zero-order valence-corrected chi connectivity index (χ0v) is 41.7. The molecule has 5 atom stereocenters. The highest BCUT2D eigenvalue weighted by molar-refractivity contribution is 5.97. The van der Waals surface area contributed by atoms with Gasteiger partial charge in [0.1, 0.15) is 17.2 Å². The molecule has 0 spiro atoms. The Labute approximate surface area is 399 Å². The van der Waals surface area contributed by atoms with Crippen molar-refractivity contribution in [2.75, 3.05) is 42.5 Å². The summed E-state index contributed by atoms with van der Waals surface area (Å²) in [5.74, 6) is 1.97. The van der Waals surface area contributed by atoms with Crippen molar-refractivity contribution >= 4 is 23.5 Å². The number of rotatable bonds is 22. The number of hydrogen-bond acceptors (Lipinski definition) is 11. The molecular formula is C53H78N6O8. The van der Waals surface area contributed by atoms with Gasteiger partial charge >= 0.3 is 0 Å². The van der Waals surface area contributed by atoms with Crippen molar-refractivity contribution < 1.29 is 37.9 Å². The molecule has 0 saturated heterocycles. The molecule has 14 heteroatoms. The van der Waals surface area contributed by atoms with Gasteiger partial charge in [-0.3, -0.25) is 19.2 Å². The van der Waals surface area contributed by atoms with Crippen LogP contribution in [-0.2, 0) is 34.0 Å². The number of ketones is 1. The number of hydrogen-bond donors (Lipinski definition) is 3. The maximum atomic E-state index is 13.7. The van der Waals surface area contributed by atoms with Gasteiger partial charge in [-0.25, -0.2) is 0 Å². The lowest BCUT2D eigenvalue weighted by molar-refractivity contribution is -0.139. The zero-order valence-electron chi connectivity index (χ0n) is 41.7. The molecule has 0 bridgehead atoms. The Hall–Kier alpha value is -5.73. The molecule has 0 aliphatic heterocycles. The first kappa shape index (κ1) is 55.6. The van der Waals surface area contributed by atoms with Crippen LogP contribution in [-0.4, -0.2) is 93.0 Å². The Morgan fingerprint density at radius 3 is 1.70 bits per heavy atom. The quantitative estimate of drug-likeness (QED) is 0.0689. The van der Waals surface area contributed by atoms with E-state index in [1.165, 1.54) is 24.2 Å². The number of nitrogens with one attached hydrogen (secondary N) is 2. The fourth-order valence-corrected chi connectivity index (χ4v) is 8.17. The molecule has 5 rings (SSSR count). The average molecular weight is 927 g/mol. The van der Waals surface area contributed by atoms with Gasteiger partial charge in [-0.2, -0.15) is 0 Å². The van der Waals surface area contributed by atoms with Crippen LogP contribution in [0.4, 0.5) is 0 Å². The van der Waals surface area contributed by atoms with Gasteiger partial charge in [0.25, 0.3) is 5.91 Å². The predicted molar refractivity (Wildman–Crippen MR) is 264 cm³/mol. The SMILES string of the molecule is CC[C@H](C)[C@H](CC(=O)[C@H](CC1CCCCC1)NC(=O)c1ccno1)C(=O)N(C)Cc1ccccc1OC.CC[C@H](C)[C@H](N)C(=O)N(C)Cc1ccccc1OC.CNCc1ccccc1OC. The Kier molecular flexibility index (Phi) is 24.7. The standard InChI is InChI=1S/C29H41N3O5.C15H24N2O2.C9H13NO/c1-5-20(2)23(29(35)32(3)19-22-13-9-10-14-26(22)36-4)18-25(33)24(17-21-11-7-6-8-12-21)31-28(34)27-15-16-30-37-27;1-5-11(2)14(16)15(18)17(3)10-12-8-6-7-9-13(12)19-4;1-10-7-8-5-3-4-6-9(8)11-2/h9-10,13-16,20-21,23-24H,5-8,11-12,17-19H2,1-4H3,(H,31,34);6-9,11,14H,5,10,16H2,1-4H3;3-6,10H,7H2,1-2H3/t20-,23-,24-;11-,14-;/m00./s1. The number of para-hydroxylation sites is 3. The molecule has 1 fully saturated rings. The van der Waals surface area contributed by atoms with Crippen LogP contribution >= 0.6 is 0 Å². The highest BCUT2D eigenvalue weighted by atomic mass is 16.5. The summed E-state index contributed by atoms with van der Waals surface area (Å²) in [6.07, 6.45) is 9.33. The third-order valence-corrected chi connectivity index (χ3v) is 12.8. The molecule has 0 unspecified atom stereocenters. The highest BCUT2D eigenvalue weighted by Gasteiger charge is 2.34. The summed E-state index contributed by atoms with van der Waals surface area (Å²) in [5, 5.41) is 9.57. The van der Waals surface area contributed by atoms with Gasteiger partial charge in [-0.15, -0.1) is 0 Å². The summed E-state index contributed by atoms with van der Waals surface area (Å²) in [4.78, 5) is 55.6. The first-order valence-corrected chi connectivity index (χ1v) is 23.7. The summed E-state index contributed by atoms with van der Waals surface area (Å²) < 4.78 is 20.9. The Morgan fingerprint density at radius 2 is 1.22 bits per heavy atom. The molecule has 1 heterocycles. The number of carbonyl (C=O) groups excluding carboxylic acids is 4. The minimum atomic E-state index is -0.667. The van der Waals surface area contributed by atoms with Crippen LogP contribution in [0, 0.1) is 23.7 Å². The molecule has 4 N–H and O–H groups in total. The number of amides is 3. The van der Waals surface area contributed by atoms with Gasteiger partial charge in [-0.05, 0) is 49.4 Å². The van der Waals surface area contributed by atoms with Crippen LogP contribution in [0.25, 0.3) is 0 Å². The number of ether oxygens (including phenoxy) is 3. The third-order valence-electron chi connectivity index (χ3n) is 12.8. The van der Waals surface area contributed by atoms with E-state index in [1.807, 2.05) is 101 Å². The number of likely N-dealkylation sites (N-methyl/N-ethyl adjacent to an activating group) is 1. The van der Waals surface area contributed by atoms with Crippen molar-refractivity contribution in [3.63, 3.8) is 0 Å². The lowest BCUT2D eigenvalue weighted by Crippen LogP contribution is -2.45. The van der Waals surface area contributed by atoms with E-state index < -0.39 is 23.9 Å². The van der Waals surface area contributed by atoms with Gasteiger partial charge in [0.2, 0.25) is 17.6 Å². The Bertz CT molecular complexity index is 2070. The second-order valence-corrected chi connectivity index (χ2v) is 17.6. The number of carbonyl (C=O) groups is 4. The fraction of sp³-hybridized carbons (Fsp3) is 0.528. The lowest BCUT2D eigenvalue weighted by atomic mass is 9.80. The van der Waals surface area contributed by atoms with Crippen LogP contribution in [0.3, 0.4) is 0 Å².